The van der Waals surface area contributed by atoms with Gasteiger partial charge in [0, 0.05) is 20.4 Å². The summed E-state index contributed by atoms with van der Waals surface area (Å²) in [5.74, 6) is -0.819. The van der Waals surface area contributed by atoms with E-state index in [9.17, 15) is 13.6 Å². The minimum Gasteiger partial charge on any atom is -0.460 e. The highest BCUT2D eigenvalue weighted by atomic mass is 19.3. The van der Waals surface area contributed by atoms with E-state index in [0.29, 0.717) is 0 Å². The number of methoxy groups -OCH3 is 1. The Bertz CT molecular complexity index is 366. The maximum absolute atomic E-state index is 12.5. The SMILES string of the molecule is COCCOC(=O)c1cn(C)nc1C(F)F. The fourth-order valence-electron chi connectivity index (χ4n) is 1.12. The third-order valence-electron chi connectivity index (χ3n) is 1.80. The van der Waals surface area contributed by atoms with Gasteiger partial charge in [0.15, 0.2) is 0 Å². The van der Waals surface area contributed by atoms with E-state index >= 15 is 0 Å². The van der Waals surface area contributed by atoms with Gasteiger partial charge in [-0.1, -0.05) is 0 Å². The van der Waals surface area contributed by atoms with Gasteiger partial charge in [0.05, 0.1) is 6.61 Å². The lowest BCUT2D eigenvalue weighted by Gasteiger charge is -2.03. The Labute approximate surface area is 90.9 Å². The molecule has 0 spiro atoms. The fourth-order valence-corrected chi connectivity index (χ4v) is 1.12. The first-order valence-electron chi connectivity index (χ1n) is 4.54. The summed E-state index contributed by atoms with van der Waals surface area (Å²) < 4.78 is 35.5. The molecule has 7 heteroatoms. The second-order valence-corrected chi connectivity index (χ2v) is 3.03. The molecule has 1 heterocycles. The molecule has 0 amide bonds. The molecule has 0 aliphatic carbocycles. The van der Waals surface area contributed by atoms with Crippen LogP contribution in [0.1, 0.15) is 22.5 Å². The van der Waals surface area contributed by atoms with Gasteiger partial charge in [-0.2, -0.15) is 5.10 Å². The Balaban J connectivity index is 2.74. The average molecular weight is 234 g/mol. The third-order valence-corrected chi connectivity index (χ3v) is 1.80. The Morgan fingerprint density at radius 1 is 1.56 bits per heavy atom. The Kier molecular flexibility index (Phi) is 4.36. The van der Waals surface area contributed by atoms with Crippen LogP contribution in [0.15, 0.2) is 6.20 Å². The summed E-state index contributed by atoms with van der Waals surface area (Å²) in [7, 11) is 2.90. The van der Waals surface area contributed by atoms with E-state index in [4.69, 9.17) is 4.74 Å². The number of aryl methyl sites for hydroxylation is 1. The Morgan fingerprint density at radius 3 is 2.81 bits per heavy atom. The number of hydrogen-bond acceptors (Lipinski definition) is 4. The van der Waals surface area contributed by atoms with Gasteiger partial charge in [0.1, 0.15) is 17.9 Å². The van der Waals surface area contributed by atoms with Crippen molar-refractivity contribution in [2.75, 3.05) is 20.3 Å². The Morgan fingerprint density at radius 2 is 2.25 bits per heavy atom. The van der Waals surface area contributed by atoms with Crippen molar-refractivity contribution in [3.63, 3.8) is 0 Å². The lowest BCUT2D eigenvalue weighted by molar-refractivity contribution is 0.0379. The average Bonchev–Trinajstić information content (AvgIpc) is 2.61. The first-order valence-corrected chi connectivity index (χ1v) is 4.54. The van der Waals surface area contributed by atoms with Crippen LogP contribution in [-0.4, -0.2) is 36.1 Å². The predicted octanol–water partition coefficient (Wildman–Crippen LogP) is 1.16. The summed E-state index contributed by atoms with van der Waals surface area (Å²) in [5.41, 5.74) is -0.779. The standard InChI is InChI=1S/C9H12F2N2O3/c1-13-5-6(7(12-13)8(10)11)9(14)16-4-3-15-2/h5,8H,3-4H2,1-2H3. The number of rotatable bonds is 5. The summed E-state index contributed by atoms with van der Waals surface area (Å²) in [6.07, 6.45) is -1.59. The monoisotopic (exact) mass is 234 g/mol. The third kappa shape index (κ3) is 2.99. The number of esters is 1. The summed E-state index contributed by atoms with van der Waals surface area (Å²) in [5, 5.41) is 3.49. The topological polar surface area (TPSA) is 53.4 Å². The molecule has 0 unspecified atom stereocenters. The number of carbonyl (C=O) groups is 1. The molecule has 0 aliphatic rings. The van der Waals surface area contributed by atoms with Gasteiger partial charge >= 0.3 is 5.97 Å². The van der Waals surface area contributed by atoms with Crippen molar-refractivity contribution in [1.29, 1.82) is 0 Å². The van der Waals surface area contributed by atoms with Crippen molar-refractivity contribution in [2.45, 2.75) is 6.43 Å². The number of nitrogens with zero attached hydrogens (tertiary/aromatic N) is 2. The van der Waals surface area contributed by atoms with Crippen LogP contribution in [0.5, 0.6) is 0 Å². The van der Waals surface area contributed by atoms with Gasteiger partial charge in [-0.3, -0.25) is 4.68 Å². The maximum atomic E-state index is 12.5. The fraction of sp³-hybridized carbons (Fsp3) is 0.556. The van der Waals surface area contributed by atoms with Crippen molar-refractivity contribution in [2.24, 2.45) is 7.05 Å². The molecule has 0 N–H and O–H groups in total. The van der Waals surface area contributed by atoms with E-state index in [1.807, 2.05) is 0 Å². The molecule has 0 aromatic carbocycles. The summed E-state index contributed by atoms with van der Waals surface area (Å²) in [6, 6.07) is 0. The van der Waals surface area contributed by atoms with E-state index in [0.717, 1.165) is 4.68 Å². The zero-order valence-corrected chi connectivity index (χ0v) is 8.94. The van der Waals surface area contributed by atoms with Gasteiger partial charge < -0.3 is 9.47 Å². The summed E-state index contributed by atoms with van der Waals surface area (Å²) in [6.45, 7) is 0.239. The van der Waals surface area contributed by atoms with Crippen LogP contribution in [0.25, 0.3) is 0 Å². The molecule has 1 rings (SSSR count). The highest BCUT2D eigenvalue weighted by molar-refractivity contribution is 5.90. The first-order chi connectivity index (χ1) is 7.56. The molecular weight excluding hydrogens is 222 g/mol. The van der Waals surface area contributed by atoms with Crippen LogP contribution in [0, 0.1) is 0 Å². The quantitative estimate of drug-likeness (QED) is 0.566. The summed E-state index contributed by atoms with van der Waals surface area (Å²) >= 11 is 0. The molecule has 0 saturated heterocycles. The molecule has 16 heavy (non-hydrogen) atoms. The molecule has 90 valence electrons. The normalized spacial score (nSPS) is 10.8. The van der Waals surface area contributed by atoms with Crippen LogP contribution >= 0.6 is 0 Å². The minimum atomic E-state index is -2.80. The highest BCUT2D eigenvalue weighted by Gasteiger charge is 2.23. The molecule has 5 nitrogen and oxygen atoms in total. The molecule has 0 saturated carbocycles. The predicted molar refractivity (Wildman–Crippen MR) is 50.3 cm³/mol. The smallest absolute Gasteiger partial charge is 0.341 e. The molecule has 0 atom stereocenters. The lowest BCUT2D eigenvalue weighted by atomic mass is 10.2. The van der Waals surface area contributed by atoms with Crippen molar-refractivity contribution >= 4 is 5.97 Å². The second-order valence-electron chi connectivity index (χ2n) is 3.03. The van der Waals surface area contributed by atoms with Crippen LogP contribution in [0.3, 0.4) is 0 Å². The number of hydrogen-bond donors (Lipinski definition) is 0. The van der Waals surface area contributed by atoms with Crippen molar-refractivity contribution < 1.29 is 23.0 Å². The Hall–Kier alpha value is -1.50. The zero-order chi connectivity index (χ0) is 12.1. The molecule has 0 bridgehead atoms. The van der Waals surface area contributed by atoms with Crippen molar-refractivity contribution in [3.8, 4) is 0 Å². The van der Waals surface area contributed by atoms with Crippen LogP contribution in [0.2, 0.25) is 0 Å². The molecular formula is C9H12F2N2O3. The summed E-state index contributed by atoms with van der Waals surface area (Å²) in [4.78, 5) is 11.4. The molecule has 0 fully saturated rings. The molecule has 1 aromatic rings. The maximum Gasteiger partial charge on any atom is 0.341 e. The van der Waals surface area contributed by atoms with Crippen LogP contribution in [0.4, 0.5) is 8.78 Å². The van der Waals surface area contributed by atoms with E-state index in [-0.39, 0.29) is 18.8 Å². The molecule has 1 aromatic heterocycles. The lowest BCUT2D eigenvalue weighted by Crippen LogP contribution is -2.11. The number of aromatic nitrogens is 2. The van der Waals surface area contributed by atoms with E-state index in [1.54, 1.807) is 0 Å². The zero-order valence-electron chi connectivity index (χ0n) is 8.94. The van der Waals surface area contributed by atoms with Crippen molar-refractivity contribution in [3.05, 3.63) is 17.5 Å². The largest absolute Gasteiger partial charge is 0.460 e. The van der Waals surface area contributed by atoms with Gasteiger partial charge in [-0.25, -0.2) is 13.6 Å². The number of alkyl halides is 2. The minimum absolute atomic E-state index is 0.0207. The van der Waals surface area contributed by atoms with Crippen LogP contribution in [-0.2, 0) is 16.5 Å². The van der Waals surface area contributed by atoms with Gasteiger partial charge in [0.2, 0.25) is 0 Å². The second kappa shape index (κ2) is 5.55. The molecule has 0 aliphatic heterocycles. The van der Waals surface area contributed by atoms with Gasteiger partial charge in [-0.05, 0) is 0 Å². The van der Waals surface area contributed by atoms with E-state index in [2.05, 4.69) is 9.84 Å². The highest BCUT2D eigenvalue weighted by Crippen LogP contribution is 2.21. The van der Waals surface area contributed by atoms with Gasteiger partial charge in [0.25, 0.3) is 6.43 Å². The van der Waals surface area contributed by atoms with E-state index < -0.39 is 18.1 Å². The van der Waals surface area contributed by atoms with Crippen molar-refractivity contribution in [1.82, 2.24) is 9.78 Å². The first kappa shape index (κ1) is 12.6. The number of carbonyl (C=O) groups excluding carboxylic acids is 1. The molecule has 0 radical (unpaired) electrons. The number of ether oxygens (including phenoxy) is 2. The van der Waals surface area contributed by atoms with E-state index in [1.165, 1.54) is 20.4 Å². The van der Waals surface area contributed by atoms with Crippen LogP contribution < -0.4 is 0 Å². The van der Waals surface area contributed by atoms with Gasteiger partial charge in [-0.15, -0.1) is 0 Å². The number of halogens is 2.